The van der Waals surface area contributed by atoms with E-state index in [1.165, 1.54) is 38.5 Å². The molecule has 0 spiro atoms. The van der Waals surface area contributed by atoms with Crippen LogP contribution < -0.4 is 0 Å². The minimum atomic E-state index is -0.128. The van der Waals surface area contributed by atoms with Crippen LogP contribution in [0.5, 0.6) is 0 Å². The summed E-state index contributed by atoms with van der Waals surface area (Å²) in [6, 6.07) is 0. The van der Waals surface area contributed by atoms with Crippen molar-refractivity contribution in [1.82, 2.24) is 0 Å². The third kappa shape index (κ3) is 3.75. The van der Waals surface area contributed by atoms with E-state index in [9.17, 15) is 10.2 Å². The number of hydrogen-bond acceptors (Lipinski definition) is 2. The molecule has 2 N–H and O–H groups in total. The highest BCUT2D eigenvalue weighted by molar-refractivity contribution is 5.25. The highest BCUT2D eigenvalue weighted by Gasteiger charge is 2.59. The van der Waals surface area contributed by atoms with Gasteiger partial charge >= 0.3 is 0 Å². The molecule has 29 heavy (non-hydrogen) atoms. The van der Waals surface area contributed by atoms with Crippen LogP contribution in [0.1, 0.15) is 98.8 Å². The van der Waals surface area contributed by atoms with E-state index in [0.29, 0.717) is 22.7 Å². The van der Waals surface area contributed by atoms with Gasteiger partial charge in [-0.05, 0) is 111 Å². The lowest BCUT2D eigenvalue weighted by Crippen LogP contribution is -2.50. The van der Waals surface area contributed by atoms with E-state index in [1.54, 1.807) is 5.57 Å². The van der Waals surface area contributed by atoms with Crippen molar-refractivity contribution in [2.24, 2.45) is 46.3 Å². The SMILES string of the molecule is CC(C)C[C@H](O)C[C@@H](C)[C@H]1CC[C@H]2[C@@H]3CC=C4C[C@@H](O)CC[C@]4(C)[C@H]3CC[C@]12C. The number of rotatable bonds is 5. The molecule has 0 aromatic heterocycles. The van der Waals surface area contributed by atoms with E-state index < -0.39 is 0 Å². The summed E-state index contributed by atoms with van der Waals surface area (Å²) in [6.07, 6.45) is 14.1. The van der Waals surface area contributed by atoms with Gasteiger partial charge in [0.1, 0.15) is 0 Å². The maximum absolute atomic E-state index is 10.6. The Balaban J connectivity index is 1.50. The summed E-state index contributed by atoms with van der Waals surface area (Å²) >= 11 is 0. The van der Waals surface area contributed by atoms with Gasteiger partial charge in [0.2, 0.25) is 0 Å². The van der Waals surface area contributed by atoms with Crippen LogP contribution in [0.3, 0.4) is 0 Å². The molecule has 4 rings (SSSR count). The lowest BCUT2D eigenvalue weighted by molar-refractivity contribution is -0.0597. The molecule has 2 heteroatoms. The molecule has 3 fully saturated rings. The molecule has 0 unspecified atom stereocenters. The predicted octanol–water partition coefficient (Wildman–Crippen LogP) is 6.36. The van der Waals surface area contributed by atoms with Gasteiger partial charge in [-0.2, -0.15) is 0 Å². The molecule has 0 aliphatic heterocycles. The maximum atomic E-state index is 10.6. The second-order valence-electron chi connectivity index (χ2n) is 12.4. The second-order valence-corrected chi connectivity index (χ2v) is 12.4. The van der Waals surface area contributed by atoms with Gasteiger partial charge in [0, 0.05) is 0 Å². The van der Waals surface area contributed by atoms with Crippen molar-refractivity contribution >= 4 is 0 Å². The first-order valence-corrected chi connectivity index (χ1v) is 12.7. The molecule has 0 aromatic carbocycles. The van der Waals surface area contributed by atoms with Crippen molar-refractivity contribution in [2.45, 2.75) is 111 Å². The zero-order chi connectivity index (χ0) is 21.0. The first-order chi connectivity index (χ1) is 13.6. The van der Waals surface area contributed by atoms with Gasteiger partial charge in [0.05, 0.1) is 12.2 Å². The summed E-state index contributed by atoms with van der Waals surface area (Å²) in [7, 11) is 0. The van der Waals surface area contributed by atoms with Gasteiger partial charge in [-0.3, -0.25) is 0 Å². The molecule has 3 saturated carbocycles. The van der Waals surface area contributed by atoms with Gasteiger partial charge < -0.3 is 10.2 Å². The van der Waals surface area contributed by atoms with Gasteiger partial charge in [-0.15, -0.1) is 0 Å². The topological polar surface area (TPSA) is 40.5 Å². The van der Waals surface area contributed by atoms with E-state index in [-0.39, 0.29) is 12.2 Å². The molecular formula is C27H46O2. The highest BCUT2D eigenvalue weighted by atomic mass is 16.3. The summed E-state index contributed by atoms with van der Waals surface area (Å²) in [6.45, 7) is 12.0. The summed E-state index contributed by atoms with van der Waals surface area (Å²) < 4.78 is 0. The lowest BCUT2D eigenvalue weighted by Gasteiger charge is -2.58. The first kappa shape index (κ1) is 21.9. The van der Waals surface area contributed by atoms with E-state index in [1.807, 2.05) is 0 Å². The predicted molar refractivity (Wildman–Crippen MR) is 120 cm³/mol. The van der Waals surface area contributed by atoms with Gasteiger partial charge in [0.25, 0.3) is 0 Å². The first-order valence-electron chi connectivity index (χ1n) is 12.7. The van der Waals surface area contributed by atoms with Crippen molar-refractivity contribution in [3.8, 4) is 0 Å². The molecule has 2 nitrogen and oxygen atoms in total. The fraction of sp³-hybridized carbons (Fsp3) is 0.926. The molecule has 9 atom stereocenters. The van der Waals surface area contributed by atoms with Gasteiger partial charge in [-0.25, -0.2) is 0 Å². The Bertz CT molecular complexity index is 624. The molecule has 0 amide bonds. The van der Waals surface area contributed by atoms with Gasteiger partial charge in [-0.1, -0.05) is 46.3 Å². The molecule has 0 aromatic rings. The number of fused-ring (bicyclic) bond motifs is 5. The van der Waals surface area contributed by atoms with Crippen LogP contribution >= 0.6 is 0 Å². The average Bonchev–Trinajstić information content (AvgIpc) is 2.99. The molecule has 0 saturated heterocycles. The molecule has 0 heterocycles. The number of hydrogen-bond donors (Lipinski definition) is 2. The summed E-state index contributed by atoms with van der Waals surface area (Å²) in [5.74, 6) is 4.52. The Morgan fingerprint density at radius 1 is 1.00 bits per heavy atom. The molecule has 4 aliphatic carbocycles. The zero-order valence-corrected chi connectivity index (χ0v) is 19.7. The Morgan fingerprint density at radius 2 is 1.76 bits per heavy atom. The minimum absolute atomic E-state index is 0.103. The van der Waals surface area contributed by atoms with Crippen LogP contribution in [0, 0.1) is 46.3 Å². The molecule has 0 radical (unpaired) electrons. The van der Waals surface area contributed by atoms with Crippen LogP contribution in [-0.4, -0.2) is 22.4 Å². The number of aliphatic hydroxyl groups excluding tert-OH is 2. The Morgan fingerprint density at radius 3 is 2.48 bits per heavy atom. The maximum Gasteiger partial charge on any atom is 0.0577 e. The largest absolute Gasteiger partial charge is 0.393 e. The molecular weight excluding hydrogens is 356 g/mol. The fourth-order valence-electron chi connectivity index (χ4n) is 8.85. The van der Waals surface area contributed by atoms with E-state index >= 15 is 0 Å². The number of aliphatic hydroxyl groups is 2. The van der Waals surface area contributed by atoms with E-state index in [2.05, 4.69) is 40.7 Å². The Kier molecular flexibility index (Phi) is 6.01. The quantitative estimate of drug-likeness (QED) is 0.525. The second kappa shape index (κ2) is 7.97. The van der Waals surface area contributed by atoms with Crippen molar-refractivity contribution in [3.05, 3.63) is 11.6 Å². The summed E-state index contributed by atoms with van der Waals surface area (Å²) in [5, 5.41) is 20.8. The fourth-order valence-corrected chi connectivity index (χ4v) is 8.85. The molecule has 166 valence electrons. The molecule has 0 bridgehead atoms. The minimum Gasteiger partial charge on any atom is -0.393 e. The third-order valence-electron chi connectivity index (χ3n) is 10.2. The van der Waals surface area contributed by atoms with Gasteiger partial charge in [0.15, 0.2) is 0 Å². The van der Waals surface area contributed by atoms with Crippen LogP contribution in [0.4, 0.5) is 0 Å². The zero-order valence-electron chi connectivity index (χ0n) is 19.7. The smallest absolute Gasteiger partial charge is 0.0577 e. The van der Waals surface area contributed by atoms with Crippen molar-refractivity contribution in [1.29, 1.82) is 0 Å². The Labute approximate surface area is 179 Å². The highest BCUT2D eigenvalue weighted by Crippen LogP contribution is 2.67. The standard InChI is InChI=1S/C27H46O2/c1-17(2)14-21(29)15-18(3)23-8-9-24-22-7-6-19-16-20(28)10-12-26(19,4)25(22)11-13-27(23,24)5/h6,17-18,20-25,28-29H,7-16H2,1-5H3/t18-,20+,21+,22+,23-,24+,25+,26+,27-/m1/s1. The van der Waals surface area contributed by atoms with Crippen LogP contribution in [-0.2, 0) is 0 Å². The Hall–Kier alpha value is -0.340. The summed E-state index contributed by atoms with van der Waals surface area (Å²) in [5.41, 5.74) is 2.40. The monoisotopic (exact) mass is 402 g/mol. The van der Waals surface area contributed by atoms with Crippen LogP contribution in [0.25, 0.3) is 0 Å². The van der Waals surface area contributed by atoms with Crippen LogP contribution in [0.15, 0.2) is 11.6 Å². The lowest BCUT2D eigenvalue weighted by atomic mass is 9.47. The average molecular weight is 403 g/mol. The van der Waals surface area contributed by atoms with Crippen LogP contribution in [0.2, 0.25) is 0 Å². The number of allylic oxidation sites excluding steroid dienone is 1. The van der Waals surface area contributed by atoms with Crippen molar-refractivity contribution < 1.29 is 10.2 Å². The van der Waals surface area contributed by atoms with E-state index in [0.717, 1.165) is 49.4 Å². The van der Waals surface area contributed by atoms with E-state index in [4.69, 9.17) is 0 Å². The van der Waals surface area contributed by atoms with Crippen molar-refractivity contribution in [2.75, 3.05) is 0 Å². The third-order valence-corrected chi connectivity index (χ3v) is 10.2. The molecule has 4 aliphatic rings. The normalized spacial score (nSPS) is 46.5. The summed E-state index contributed by atoms with van der Waals surface area (Å²) in [4.78, 5) is 0. The van der Waals surface area contributed by atoms with Crippen molar-refractivity contribution in [3.63, 3.8) is 0 Å².